The summed E-state index contributed by atoms with van der Waals surface area (Å²) in [5, 5.41) is 3.09. The van der Waals surface area contributed by atoms with Gasteiger partial charge in [-0.25, -0.2) is 13.4 Å². The van der Waals surface area contributed by atoms with Gasteiger partial charge in [0.2, 0.25) is 0 Å². The predicted molar refractivity (Wildman–Crippen MR) is 98.5 cm³/mol. The smallest absolute Gasteiger partial charge is 0.262 e. The van der Waals surface area contributed by atoms with Crippen LogP contribution in [0.25, 0.3) is 0 Å². The van der Waals surface area contributed by atoms with Gasteiger partial charge in [0.1, 0.15) is 24.8 Å². The first-order valence-electron chi connectivity index (χ1n) is 8.25. The maximum atomic E-state index is 12.6. The van der Waals surface area contributed by atoms with Gasteiger partial charge < -0.3 is 19.2 Å². The van der Waals surface area contributed by atoms with Crippen LogP contribution in [0.4, 0.5) is 11.5 Å². The van der Waals surface area contributed by atoms with Gasteiger partial charge in [0.25, 0.3) is 10.0 Å². The zero-order valence-electron chi connectivity index (χ0n) is 14.2. The molecule has 9 heteroatoms. The number of nitrogens with one attached hydrogen (secondary N) is 2. The van der Waals surface area contributed by atoms with E-state index in [4.69, 9.17) is 13.9 Å². The summed E-state index contributed by atoms with van der Waals surface area (Å²) in [7, 11) is -3.77. The Kier molecular flexibility index (Phi) is 4.59. The summed E-state index contributed by atoms with van der Waals surface area (Å²) in [5.74, 6) is 2.34. The second kappa shape index (κ2) is 7.20. The molecule has 1 aliphatic rings. The quantitative estimate of drug-likeness (QED) is 0.670. The molecule has 0 unspecified atom stereocenters. The molecule has 0 atom stereocenters. The van der Waals surface area contributed by atoms with Crippen LogP contribution in [0, 0.1) is 0 Å². The fourth-order valence-corrected chi connectivity index (χ4v) is 3.61. The van der Waals surface area contributed by atoms with E-state index in [0.29, 0.717) is 42.8 Å². The summed E-state index contributed by atoms with van der Waals surface area (Å²) in [5.41, 5.74) is 0.355. The molecule has 0 spiro atoms. The Morgan fingerprint density at radius 3 is 2.63 bits per heavy atom. The van der Waals surface area contributed by atoms with Crippen molar-refractivity contribution >= 4 is 21.5 Å². The summed E-state index contributed by atoms with van der Waals surface area (Å²) in [6, 6.07) is 11.5. The molecule has 2 N–H and O–H groups in total. The lowest BCUT2D eigenvalue weighted by molar-refractivity contribution is 0.171. The average Bonchev–Trinajstić information content (AvgIpc) is 3.20. The van der Waals surface area contributed by atoms with Crippen LogP contribution in [-0.2, 0) is 16.6 Å². The minimum atomic E-state index is -3.77. The number of rotatable bonds is 6. The summed E-state index contributed by atoms with van der Waals surface area (Å²) < 4.78 is 43.8. The molecule has 0 aliphatic carbocycles. The SMILES string of the molecule is O=S(=O)(Nc1ccc(NCc2ccco2)nc1)c1ccc2c(c1)OCCO2. The van der Waals surface area contributed by atoms with E-state index in [0.717, 1.165) is 5.76 Å². The van der Waals surface area contributed by atoms with Crippen molar-refractivity contribution in [3.8, 4) is 11.5 Å². The lowest BCUT2D eigenvalue weighted by Gasteiger charge is -2.19. The molecular weight excluding hydrogens is 370 g/mol. The molecule has 0 bridgehead atoms. The van der Waals surface area contributed by atoms with Crippen molar-refractivity contribution in [2.45, 2.75) is 11.4 Å². The van der Waals surface area contributed by atoms with Gasteiger partial charge in [-0.1, -0.05) is 0 Å². The van der Waals surface area contributed by atoms with Crippen molar-refractivity contribution in [2.24, 2.45) is 0 Å². The van der Waals surface area contributed by atoms with E-state index in [1.807, 2.05) is 6.07 Å². The zero-order valence-corrected chi connectivity index (χ0v) is 15.0. The highest BCUT2D eigenvalue weighted by molar-refractivity contribution is 7.92. The van der Waals surface area contributed by atoms with Gasteiger partial charge in [0.15, 0.2) is 11.5 Å². The third kappa shape index (κ3) is 3.98. The Balaban J connectivity index is 1.44. The minimum absolute atomic E-state index is 0.0896. The summed E-state index contributed by atoms with van der Waals surface area (Å²) in [6.07, 6.45) is 3.04. The Labute approximate surface area is 156 Å². The number of hydrogen-bond acceptors (Lipinski definition) is 7. The molecule has 1 aromatic carbocycles. The van der Waals surface area contributed by atoms with Crippen molar-refractivity contribution in [2.75, 3.05) is 23.3 Å². The number of hydrogen-bond donors (Lipinski definition) is 2. The molecule has 4 rings (SSSR count). The monoisotopic (exact) mass is 387 g/mol. The highest BCUT2D eigenvalue weighted by atomic mass is 32.2. The highest BCUT2D eigenvalue weighted by Crippen LogP contribution is 2.32. The molecule has 140 valence electrons. The molecule has 0 amide bonds. The molecule has 0 fully saturated rings. The van der Waals surface area contributed by atoms with Crippen LogP contribution in [0.1, 0.15) is 5.76 Å². The number of furan rings is 1. The number of nitrogens with zero attached hydrogens (tertiary/aromatic N) is 1. The second-order valence-electron chi connectivity index (χ2n) is 5.78. The van der Waals surface area contributed by atoms with Crippen molar-refractivity contribution in [1.29, 1.82) is 0 Å². The molecule has 8 nitrogen and oxygen atoms in total. The van der Waals surface area contributed by atoms with Crippen LogP contribution < -0.4 is 19.5 Å². The number of benzene rings is 1. The van der Waals surface area contributed by atoms with E-state index in [2.05, 4.69) is 15.0 Å². The number of sulfonamides is 1. The Bertz CT molecular complexity index is 1020. The molecule has 1 aliphatic heterocycles. The Morgan fingerprint density at radius 1 is 1.04 bits per heavy atom. The van der Waals surface area contributed by atoms with Gasteiger partial charge in [-0.2, -0.15) is 0 Å². The van der Waals surface area contributed by atoms with E-state index in [-0.39, 0.29) is 4.90 Å². The number of ether oxygens (including phenoxy) is 2. The van der Waals surface area contributed by atoms with Gasteiger partial charge in [0, 0.05) is 6.07 Å². The van der Waals surface area contributed by atoms with Crippen molar-refractivity contribution in [1.82, 2.24) is 4.98 Å². The Hall–Kier alpha value is -3.20. The van der Waals surface area contributed by atoms with Crippen LogP contribution in [0.5, 0.6) is 11.5 Å². The summed E-state index contributed by atoms with van der Waals surface area (Å²) in [4.78, 5) is 4.29. The van der Waals surface area contributed by atoms with Gasteiger partial charge in [-0.3, -0.25) is 4.72 Å². The second-order valence-corrected chi connectivity index (χ2v) is 7.46. The third-order valence-electron chi connectivity index (χ3n) is 3.86. The predicted octanol–water partition coefficient (Wildman–Crippen LogP) is 2.86. The standard InChI is InChI=1S/C18H17N3O5S/c22-27(23,15-4-5-16-17(10-15)26-9-8-25-16)21-13-3-6-18(19-11-13)20-12-14-2-1-7-24-14/h1-7,10-11,21H,8-9,12H2,(H,19,20). The van der Waals surface area contributed by atoms with E-state index < -0.39 is 10.0 Å². The van der Waals surface area contributed by atoms with Gasteiger partial charge in [-0.15, -0.1) is 0 Å². The van der Waals surface area contributed by atoms with Gasteiger partial charge in [-0.05, 0) is 36.4 Å². The Morgan fingerprint density at radius 2 is 1.89 bits per heavy atom. The first kappa shape index (κ1) is 17.2. The fourth-order valence-electron chi connectivity index (χ4n) is 2.55. The van der Waals surface area contributed by atoms with Crippen molar-refractivity contribution < 1.29 is 22.3 Å². The van der Waals surface area contributed by atoms with Crippen LogP contribution >= 0.6 is 0 Å². The lowest BCUT2D eigenvalue weighted by atomic mass is 10.3. The fraction of sp³-hybridized carbons (Fsp3) is 0.167. The molecule has 0 saturated heterocycles. The normalized spacial score (nSPS) is 13.2. The van der Waals surface area contributed by atoms with Gasteiger partial charge in [0.05, 0.1) is 29.6 Å². The first-order valence-corrected chi connectivity index (χ1v) is 9.73. The molecule has 0 radical (unpaired) electrons. The summed E-state index contributed by atoms with van der Waals surface area (Å²) in [6.45, 7) is 1.33. The highest BCUT2D eigenvalue weighted by Gasteiger charge is 2.19. The summed E-state index contributed by atoms with van der Waals surface area (Å²) >= 11 is 0. The molecular formula is C18H17N3O5S. The van der Waals surface area contributed by atoms with Gasteiger partial charge >= 0.3 is 0 Å². The largest absolute Gasteiger partial charge is 0.486 e. The van der Waals surface area contributed by atoms with E-state index in [1.165, 1.54) is 18.3 Å². The van der Waals surface area contributed by atoms with E-state index in [9.17, 15) is 8.42 Å². The molecule has 3 heterocycles. The zero-order chi connectivity index (χ0) is 18.7. The number of fused-ring (bicyclic) bond motifs is 1. The maximum absolute atomic E-state index is 12.6. The first-order chi connectivity index (χ1) is 13.1. The molecule has 3 aromatic rings. The minimum Gasteiger partial charge on any atom is -0.486 e. The molecule has 2 aromatic heterocycles. The van der Waals surface area contributed by atoms with Crippen LogP contribution in [0.15, 0.2) is 64.2 Å². The van der Waals surface area contributed by atoms with Crippen LogP contribution in [-0.4, -0.2) is 26.6 Å². The van der Waals surface area contributed by atoms with Crippen LogP contribution in [0.3, 0.4) is 0 Å². The van der Waals surface area contributed by atoms with Crippen molar-refractivity contribution in [3.63, 3.8) is 0 Å². The topological polar surface area (TPSA) is 103 Å². The van der Waals surface area contributed by atoms with E-state index >= 15 is 0 Å². The van der Waals surface area contributed by atoms with E-state index in [1.54, 1.807) is 30.5 Å². The molecule has 27 heavy (non-hydrogen) atoms. The third-order valence-corrected chi connectivity index (χ3v) is 5.24. The molecule has 0 saturated carbocycles. The lowest BCUT2D eigenvalue weighted by Crippen LogP contribution is -2.17. The number of aromatic nitrogens is 1. The van der Waals surface area contributed by atoms with Crippen molar-refractivity contribution in [3.05, 3.63) is 60.7 Å². The number of pyridine rings is 1. The maximum Gasteiger partial charge on any atom is 0.262 e. The van der Waals surface area contributed by atoms with Crippen LogP contribution in [0.2, 0.25) is 0 Å². The number of anilines is 2. The average molecular weight is 387 g/mol.